The second-order valence-corrected chi connectivity index (χ2v) is 6.44. The predicted octanol–water partition coefficient (Wildman–Crippen LogP) is 5.71. The Labute approximate surface area is 148 Å². The highest BCUT2D eigenvalue weighted by atomic mass is 16.7. The molecule has 4 heteroatoms. The van der Waals surface area contributed by atoms with Crippen molar-refractivity contribution in [3.8, 4) is 0 Å². The molecular formula is C20H38O4. The standard InChI is InChI=1S/C20H38O4/c1-3-4-5-6-7-8-9-10-11-12-13-14-15-16-17-19(20(21)22)24-18-23-2/h16-17,19H,3-15,18H2,1-2H3,(H,21,22)/b17-16+. The van der Waals surface area contributed by atoms with E-state index in [9.17, 15) is 4.79 Å². The van der Waals surface area contributed by atoms with Gasteiger partial charge in [0.05, 0.1) is 0 Å². The Kier molecular flexibility index (Phi) is 17.8. The molecule has 0 aliphatic rings. The van der Waals surface area contributed by atoms with Crippen molar-refractivity contribution < 1.29 is 19.4 Å². The Morgan fingerprint density at radius 3 is 1.88 bits per heavy atom. The number of unbranched alkanes of at least 4 members (excludes halogenated alkanes) is 12. The lowest BCUT2D eigenvalue weighted by atomic mass is 10.0. The minimum absolute atomic E-state index is 0.0000887. The topological polar surface area (TPSA) is 55.8 Å². The van der Waals surface area contributed by atoms with E-state index in [0.717, 1.165) is 12.8 Å². The highest BCUT2D eigenvalue weighted by Gasteiger charge is 2.13. The van der Waals surface area contributed by atoms with Crippen molar-refractivity contribution in [2.75, 3.05) is 13.9 Å². The van der Waals surface area contributed by atoms with Gasteiger partial charge in [0, 0.05) is 7.11 Å². The first-order chi connectivity index (χ1) is 11.7. The summed E-state index contributed by atoms with van der Waals surface area (Å²) in [5, 5.41) is 8.97. The summed E-state index contributed by atoms with van der Waals surface area (Å²) < 4.78 is 9.78. The molecule has 0 heterocycles. The molecule has 1 atom stereocenters. The zero-order valence-corrected chi connectivity index (χ0v) is 15.8. The molecule has 0 aliphatic carbocycles. The zero-order chi connectivity index (χ0) is 17.9. The number of hydrogen-bond donors (Lipinski definition) is 1. The SMILES string of the molecule is CCCCCCCCCCCCCC/C=C/C(OCOC)C(=O)O. The molecule has 0 saturated heterocycles. The zero-order valence-electron chi connectivity index (χ0n) is 15.8. The summed E-state index contributed by atoms with van der Waals surface area (Å²) in [4.78, 5) is 10.9. The van der Waals surface area contributed by atoms with Crippen LogP contribution in [0.2, 0.25) is 0 Å². The summed E-state index contributed by atoms with van der Waals surface area (Å²) in [5.74, 6) is -0.974. The van der Waals surface area contributed by atoms with E-state index in [0.29, 0.717) is 0 Å². The van der Waals surface area contributed by atoms with Crippen LogP contribution < -0.4 is 0 Å². The van der Waals surface area contributed by atoms with Crippen molar-refractivity contribution in [1.29, 1.82) is 0 Å². The number of carbonyl (C=O) groups is 1. The average molecular weight is 343 g/mol. The van der Waals surface area contributed by atoms with E-state index < -0.39 is 12.1 Å². The molecular weight excluding hydrogens is 304 g/mol. The molecule has 0 amide bonds. The van der Waals surface area contributed by atoms with Gasteiger partial charge in [0.1, 0.15) is 6.79 Å². The summed E-state index contributed by atoms with van der Waals surface area (Å²) in [7, 11) is 1.48. The second-order valence-electron chi connectivity index (χ2n) is 6.44. The Morgan fingerprint density at radius 1 is 0.917 bits per heavy atom. The summed E-state index contributed by atoms with van der Waals surface area (Å²) in [6, 6.07) is 0. The van der Waals surface area contributed by atoms with Crippen LogP contribution in [0.25, 0.3) is 0 Å². The number of rotatable bonds is 18. The van der Waals surface area contributed by atoms with Gasteiger partial charge in [-0.3, -0.25) is 0 Å². The van der Waals surface area contributed by atoms with Crippen molar-refractivity contribution in [3.05, 3.63) is 12.2 Å². The first kappa shape index (κ1) is 23.1. The van der Waals surface area contributed by atoms with Crippen LogP contribution in [0.3, 0.4) is 0 Å². The van der Waals surface area contributed by atoms with Gasteiger partial charge in [-0.05, 0) is 18.9 Å². The minimum atomic E-state index is -0.974. The first-order valence-electron chi connectivity index (χ1n) is 9.72. The summed E-state index contributed by atoms with van der Waals surface area (Å²) in [6.07, 6.45) is 19.5. The number of allylic oxidation sites excluding steroid dienone is 1. The largest absolute Gasteiger partial charge is 0.479 e. The van der Waals surface area contributed by atoms with E-state index in [1.165, 1.54) is 77.7 Å². The molecule has 0 saturated carbocycles. The maximum Gasteiger partial charge on any atom is 0.336 e. The van der Waals surface area contributed by atoms with Crippen molar-refractivity contribution in [3.63, 3.8) is 0 Å². The summed E-state index contributed by atoms with van der Waals surface area (Å²) >= 11 is 0. The van der Waals surface area contributed by atoms with Crippen LogP contribution in [0.15, 0.2) is 12.2 Å². The van der Waals surface area contributed by atoms with E-state index in [1.54, 1.807) is 6.08 Å². The third kappa shape index (κ3) is 16.0. The van der Waals surface area contributed by atoms with Gasteiger partial charge in [0.25, 0.3) is 0 Å². The predicted molar refractivity (Wildman–Crippen MR) is 99.2 cm³/mol. The van der Waals surface area contributed by atoms with Crippen LogP contribution >= 0.6 is 0 Å². The molecule has 24 heavy (non-hydrogen) atoms. The molecule has 0 aliphatic heterocycles. The van der Waals surface area contributed by atoms with Gasteiger partial charge in [-0.15, -0.1) is 0 Å². The van der Waals surface area contributed by atoms with E-state index in [2.05, 4.69) is 6.92 Å². The molecule has 1 unspecified atom stereocenters. The van der Waals surface area contributed by atoms with Gasteiger partial charge in [-0.2, -0.15) is 0 Å². The molecule has 0 radical (unpaired) electrons. The molecule has 0 bridgehead atoms. The van der Waals surface area contributed by atoms with Gasteiger partial charge in [0.2, 0.25) is 0 Å². The third-order valence-electron chi connectivity index (χ3n) is 4.14. The lowest BCUT2D eigenvalue weighted by molar-refractivity contribution is -0.153. The smallest absolute Gasteiger partial charge is 0.336 e. The normalized spacial score (nSPS) is 12.8. The third-order valence-corrected chi connectivity index (χ3v) is 4.14. The molecule has 0 aromatic heterocycles. The van der Waals surface area contributed by atoms with Crippen molar-refractivity contribution in [1.82, 2.24) is 0 Å². The van der Waals surface area contributed by atoms with Crippen molar-refractivity contribution in [2.45, 2.75) is 96.5 Å². The van der Waals surface area contributed by atoms with Crippen molar-refractivity contribution >= 4 is 5.97 Å². The molecule has 0 spiro atoms. The van der Waals surface area contributed by atoms with Crippen LogP contribution in [0, 0.1) is 0 Å². The Bertz CT molecular complexity index is 302. The number of carboxylic acid groups (broad SMARTS) is 1. The Balaban J connectivity index is 3.37. The van der Waals surface area contributed by atoms with E-state index in [1.807, 2.05) is 6.08 Å². The lowest BCUT2D eigenvalue weighted by Crippen LogP contribution is -2.22. The van der Waals surface area contributed by atoms with Gasteiger partial charge >= 0.3 is 5.97 Å². The Morgan fingerprint density at radius 2 is 1.42 bits per heavy atom. The molecule has 0 aromatic carbocycles. The summed E-state index contributed by atoms with van der Waals surface area (Å²) in [6.45, 7) is 2.26. The number of ether oxygens (including phenoxy) is 2. The van der Waals surface area contributed by atoms with Crippen LogP contribution in [0.5, 0.6) is 0 Å². The molecule has 0 aromatic rings. The van der Waals surface area contributed by atoms with Crippen LogP contribution in [-0.2, 0) is 14.3 Å². The van der Waals surface area contributed by atoms with E-state index in [4.69, 9.17) is 14.6 Å². The van der Waals surface area contributed by atoms with Crippen LogP contribution in [0.4, 0.5) is 0 Å². The van der Waals surface area contributed by atoms with Gasteiger partial charge in [-0.1, -0.05) is 83.6 Å². The maximum atomic E-state index is 10.9. The van der Waals surface area contributed by atoms with E-state index >= 15 is 0 Å². The van der Waals surface area contributed by atoms with Gasteiger partial charge in [-0.25, -0.2) is 4.79 Å². The maximum absolute atomic E-state index is 10.9. The van der Waals surface area contributed by atoms with Gasteiger partial charge in [0.15, 0.2) is 6.10 Å². The molecule has 1 N–H and O–H groups in total. The van der Waals surface area contributed by atoms with Crippen LogP contribution in [0.1, 0.15) is 90.4 Å². The molecule has 142 valence electrons. The number of methoxy groups -OCH3 is 1. The number of aliphatic carboxylic acids is 1. The number of hydrogen-bond acceptors (Lipinski definition) is 3. The summed E-state index contributed by atoms with van der Waals surface area (Å²) in [5.41, 5.74) is 0. The molecule has 0 rings (SSSR count). The molecule has 0 fully saturated rings. The van der Waals surface area contributed by atoms with Crippen LogP contribution in [-0.4, -0.2) is 31.1 Å². The molecule has 4 nitrogen and oxygen atoms in total. The fourth-order valence-corrected chi connectivity index (χ4v) is 2.67. The fraction of sp³-hybridized carbons (Fsp3) is 0.850. The monoisotopic (exact) mass is 342 g/mol. The highest BCUT2D eigenvalue weighted by Crippen LogP contribution is 2.12. The fourth-order valence-electron chi connectivity index (χ4n) is 2.67. The highest BCUT2D eigenvalue weighted by molar-refractivity contribution is 5.74. The minimum Gasteiger partial charge on any atom is -0.479 e. The number of carboxylic acids is 1. The average Bonchev–Trinajstić information content (AvgIpc) is 2.57. The first-order valence-corrected chi connectivity index (χ1v) is 9.72. The van der Waals surface area contributed by atoms with Gasteiger partial charge < -0.3 is 14.6 Å². The van der Waals surface area contributed by atoms with Crippen molar-refractivity contribution in [2.24, 2.45) is 0 Å². The second kappa shape index (κ2) is 18.5. The quantitative estimate of drug-likeness (QED) is 0.197. The Hall–Kier alpha value is -0.870. The lowest BCUT2D eigenvalue weighted by Gasteiger charge is -2.08. The van der Waals surface area contributed by atoms with E-state index in [-0.39, 0.29) is 6.79 Å².